The number of rotatable bonds is 2. The summed E-state index contributed by atoms with van der Waals surface area (Å²) in [5.41, 5.74) is 1.10. The Balaban J connectivity index is 1.94. The predicted octanol–water partition coefficient (Wildman–Crippen LogP) is 1.39. The minimum absolute atomic E-state index is 0.185. The molecule has 0 unspecified atom stereocenters. The van der Waals surface area contributed by atoms with Crippen molar-refractivity contribution in [3.8, 4) is 0 Å². The number of halogens is 1. The number of nitrogens with zero attached hydrogens (tertiary/aromatic N) is 1. The van der Waals surface area contributed by atoms with Crippen LogP contribution >= 0.6 is 0 Å². The van der Waals surface area contributed by atoms with Gasteiger partial charge in [0.25, 0.3) is 0 Å². The molecule has 1 atom stereocenters. The summed E-state index contributed by atoms with van der Waals surface area (Å²) in [4.78, 5) is 2.18. The fourth-order valence-electron chi connectivity index (χ4n) is 1.80. The molecule has 1 fully saturated rings. The third-order valence-corrected chi connectivity index (χ3v) is 2.57. The van der Waals surface area contributed by atoms with E-state index in [0.717, 1.165) is 31.6 Å². The first-order valence-electron chi connectivity index (χ1n) is 4.89. The van der Waals surface area contributed by atoms with E-state index in [1.807, 2.05) is 0 Å². The lowest BCUT2D eigenvalue weighted by atomic mass is 10.2. The Morgan fingerprint density at radius 1 is 1.36 bits per heavy atom. The van der Waals surface area contributed by atoms with Crippen molar-refractivity contribution < 1.29 is 9.50 Å². The Kier molecular flexibility index (Phi) is 2.79. The van der Waals surface area contributed by atoms with Crippen LogP contribution in [0.4, 0.5) is 4.39 Å². The molecule has 76 valence electrons. The molecule has 2 nitrogen and oxygen atoms in total. The molecule has 0 aromatic heterocycles. The van der Waals surface area contributed by atoms with Crippen LogP contribution in [0.25, 0.3) is 0 Å². The lowest BCUT2D eigenvalue weighted by Crippen LogP contribution is -2.21. The van der Waals surface area contributed by atoms with E-state index in [1.165, 1.54) is 12.1 Å². The maximum absolute atomic E-state index is 12.6. The van der Waals surface area contributed by atoms with Crippen LogP contribution < -0.4 is 0 Å². The SMILES string of the molecule is O[C@@H]1CCN(Cc2ccc(F)cc2)C1. The minimum atomic E-state index is -0.199. The quantitative estimate of drug-likeness (QED) is 0.771. The van der Waals surface area contributed by atoms with Crippen molar-refractivity contribution in [1.29, 1.82) is 0 Å². The summed E-state index contributed by atoms with van der Waals surface area (Å²) >= 11 is 0. The molecule has 1 aromatic rings. The van der Waals surface area contributed by atoms with Gasteiger partial charge < -0.3 is 5.11 Å². The first-order valence-corrected chi connectivity index (χ1v) is 4.89. The van der Waals surface area contributed by atoms with E-state index in [1.54, 1.807) is 12.1 Å². The van der Waals surface area contributed by atoms with Crippen LogP contribution in [0.3, 0.4) is 0 Å². The fourth-order valence-corrected chi connectivity index (χ4v) is 1.80. The molecule has 3 heteroatoms. The Bertz CT molecular complexity index is 299. The van der Waals surface area contributed by atoms with E-state index in [2.05, 4.69) is 4.90 Å². The summed E-state index contributed by atoms with van der Waals surface area (Å²) in [5.74, 6) is -0.199. The zero-order chi connectivity index (χ0) is 9.97. The molecule has 1 aliphatic rings. The average Bonchev–Trinajstić information content (AvgIpc) is 2.56. The minimum Gasteiger partial charge on any atom is -0.392 e. The highest BCUT2D eigenvalue weighted by molar-refractivity contribution is 5.16. The summed E-state index contributed by atoms with van der Waals surface area (Å²) in [5, 5.41) is 9.32. The maximum Gasteiger partial charge on any atom is 0.123 e. The average molecular weight is 195 g/mol. The Morgan fingerprint density at radius 2 is 2.07 bits per heavy atom. The standard InChI is InChI=1S/C11H14FNO/c12-10-3-1-9(2-4-10)7-13-6-5-11(14)8-13/h1-4,11,14H,5-8H2/t11-/m1/s1. The second kappa shape index (κ2) is 4.07. The summed E-state index contributed by atoms with van der Waals surface area (Å²) in [6.45, 7) is 2.47. The van der Waals surface area contributed by atoms with E-state index >= 15 is 0 Å². The van der Waals surface area contributed by atoms with E-state index in [0.29, 0.717) is 0 Å². The van der Waals surface area contributed by atoms with E-state index in [-0.39, 0.29) is 11.9 Å². The zero-order valence-electron chi connectivity index (χ0n) is 7.99. The van der Waals surface area contributed by atoms with Gasteiger partial charge in [-0.2, -0.15) is 0 Å². The molecule has 0 bridgehead atoms. The largest absolute Gasteiger partial charge is 0.392 e. The van der Waals surface area contributed by atoms with Crippen LogP contribution in [0.2, 0.25) is 0 Å². The lowest BCUT2D eigenvalue weighted by Gasteiger charge is -2.14. The molecule has 0 aliphatic carbocycles. The molecule has 0 spiro atoms. The Morgan fingerprint density at radius 3 is 2.64 bits per heavy atom. The van der Waals surface area contributed by atoms with Gasteiger partial charge >= 0.3 is 0 Å². The predicted molar refractivity (Wildman–Crippen MR) is 52.3 cm³/mol. The van der Waals surface area contributed by atoms with E-state index in [9.17, 15) is 9.50 Å². The summed E-state index contributed by atoms with van der Waals surface area (Å²) < 4.78 is 12.6. The number of β-amino-alcohol motifs (C(OH)–C–C–N with tert-alkyl or cyclic N) is 1. The van der Waals surface area contributed by atoms with Crippen LogP contribution in [0.15, 0.2) is 24.3 Å². The number of hydrogen-bond donors (Lipinski definition) is 1. The van der Waals surface area contributed by atoms with Crippen molar-refractivity contribution in [2.45, 2.75) is 19.1 Å². The van der Waals surface area contributed by atoms with Crippen LogP contribution in [-0.2, 0) is 6.54 Å². The molecule has 0 amide bonds. The molecular formula is C11H14FNO. The molecule has 1 saturated heterocycles. The van der Waals surface area contributed by atoms with Gasteiger partial charge in [0.2, 0.25) is 0 Å². The first kappa shape index (κ1) is 9.62. The van der Waals surface area contributed by atoms with Crippen LogP contribution in [0, 0.1) is 5.82 Å². The fraction of sp³-hybridized carbons (Fsp3) is 0.455. The molecular weight excluding hydrogens is 181 g/mol. The molecule has 1 aromatic carbocycles. The topological polar surface area (TPSA) is 23.5 Å². The molecule has 0 radical (unpaired) electrons. The van der Waals surface area contributed by atoms with Crippen LogP contribution in [-0.4, -0.2) is 29.2 Å². The van der Waals surface area contributed by atoms with Gasteiger partial charge in [-0.05, 0) is 24.1 Å². The van der Waals surface area contributed by atoms with Gasteiger partial charge in [0.15, 0.2) is 0 Å². The maximum atomic E-state index is 12.6. The van der Waals surface area contributed by atoms with Crippen molar-refractivity contribution in [3.63, 3.8) is 0 Å². The van der Waals surface area contributed by atoms with Gasteiger partial charge in [0, 0.05) is 19.6 Å². The van der Waals surface area contributed by atoms with Crippen molar-refractivity contribution in [2.24, 2.45) is 0 Å². The van der Waals surface area contributed by atoms with E-state index < -0.39 is 0 Å². The third kappa shape index (κ3) is 2.30. The van der Waals surface area contributed by atoms with Crippen LogP contribution in [0.1, 0.15) is 12.0 Å². The Hall–Kier alpha value is -0.930. The summed E-state index contributed by atoms with van der Waals surface area (Å²) in [7, 11) is 0. The van der Waals surface area contributed by atoms with E-state index in [4.69, 9.17) is 0 Å². The van der Waals surface area contributed by atoms with Crippen LogP contribution in [0.5, 0.6) is 0 Å². The number of hydrogen-bond acceptors (Lipinski definition) is 2. The number of aliphatic hydroxyl groups excluding tert-OH is 1. The lowest BCUT2D eigenvalue weighted by molar-refractivity contribution is 0.175. The number of likely N-dealkylation sites (tertiary alicyclic amines) is 1. The molecule has 1 heterocycles. The van der Waals surface area contributed by atoms with Crippen molar-refractivity contribution in [1.82, 2.24) is 4.90 Å². The molecule has 14 heavy (non-hydrogen) atoms. The number of benzene rings is 1. The van der Waals surface area contributed by atoms with Gasteiger partial charge in [0.1, 0.15) is 5.82 Å². The van der Waals surface area contributed by atoms with Crippen molar-refractivity contribution in [3.05, 3.63) is 35.6 Å². The molecule has 0 saturated carbocycles. The Labute approximate surface area is 83.0 Å². The van der Waals surface area contributed by atoms with Gasteiger partial charge in [-0.1, -0.05) is 12.1 Å². The highest BCUT2D eigenvalue weighted by Gasteiger charge is 2.19. The highest BCUT2D eigenvalue weighted by atomic mass is 19.1. The second-order valence-electron chi connectivity index (χ2n) is 3.80. The normalized spacial score (nSPS) is 22.9. The van der Waals surface area contributed by atoms with Gasteiger partial charge in [-0.15, -0.1) is 0 Å². The summed E-state index contributed by atoms with van der Waals surface area (Å²) in [6, 6.07) is 6.53. The molecule has 1 aliphatic heterocycles. The number of aliphatic hydroxyl groups is 1. The third-order valence-electron chi connectivity index (χ3n) is 2.57. The molecule has 2 rings (SSSR count). The van der Waals surface area contributed by atoms with Crippen molar-refractivity contribution in [2.75, 3.05) is 13.1 Å². The van der Waals surface area contributed by atoms with Gasteiger partial charge in [-0.3, -0.25) is 4.90 Å². The highest BCUT2D eigenvalue weighted by Crippen LogP contribution is 2.13. The summed E-state index contributed by atoms with van der Waals surface area (Å²) in [6.07, 6.45) is 0.664. The van der Waals surface area contributed by atoms with Crippen molar-refractivity contribution >= 4 is 0 Å². The smallest absolute Gasteiger partial charge is 0.123 e. The zero-order valence-corrected chi connectivity index (χ0v) is 7.99. The monoisotopic (exact) mass is 195 g/mol. The molecule has 1 N–H and O–H groups in total. The van der Waals surface area contributed by atoms with Gasteiger partial charge in [-0.25, -0.2) is 4.39 Å². The van der Waals surface area contributed by atoms with Gasteiger partial charge in [0.05, 0.1) is 6.10 Å². The second-order valence-corrected chi connectivity index (χ2v) is 3.80. The first-order chi connectivity index (χ1) is 6.74.